The standard InChI is InChI=1S/C17H26N2O2/c1-5-19(2,3)14-6-13-18-17(20)12-9-15-7-10-16(21-4)11-8-15/h7-12H,5-6,13-14H2,1-4H3/p+1. The summed E-state index contributed by atoms with van der Waals surface area (Å²) in [5.41, 5.74) is 0.981. The molecule has 4 heteroatoms. The van der Waals surface area contributed by atoms with Crippen LogP contribution in [0, 0.1) is 0 Å². The van der Waals surface area contributed by atoms with Crippen LogP contribution in [0.5, 0.6) is 5.75 Å². The molecule has 0 spiro atoms. The lowest BCUT2D eigenvalue weighted by Gasteiger charge is -2.28. The fourth-order valence-corrected chi connectivity index (χ4v) is 1.82. The van der Waals surface area contributed by atoms with Crippen molar-refractivity contribution in [2.24, 2.45) is 0 Å². The van der Waals surface area contributed by atoms with E-state index >= 15 is 0 Å². The molecule has 4 nitrogen and oxygen atoms in total. The maximum absolute atomic E-state index is 11.7. The number of methoxy groups -OCH3 is 1. The second kappa shape index (κ2) is 8.47. The summed E-state index contributed by atoms with van der Waals surface area (Å²) < 4.78 is 6.08. The van der Waals surface area contributed by atoms with Crippen molar-refractivity contribution >= 4 is 12.0 Å². The smallest absolute Gasteiger partial charge is 0.244 e. The number of ether oxygens (including phenoxy) is 1. The van der Waals surface area contributed by atoms with Crippen molar-refractivity contribution in [2.45, 2.75) is 13.3 Å². The van der Waals surface area contributed by atoms with Gasteiger partial charge in [-0.15, -0.1) is 0 Å². The number of nitrogens with zero attached hydrogens (tertiary/aromatic N) is 1. The van der Waals surface area contributed by atoms with Gasteiger partial charge < -0.3 is 14.5 Å². The molecule has 0 aromatic heterocycles. The van der Waals surface area contributed by atoms with Crippen molar-refractivity contribution in [3.63, 3.8) is 0 Å². The van der Waals surface area contributed by atoms with E-state index in [-0.39, 0.29) is 5.91 Å². The van der Waals surface area contributed by atoms with Crippen molar-refractivity contribution < 1.29 is 14.0 Å². The summed E-state index contributed by atoms with van der Waals surface area (Å²) in [5.74, 6) is 0.765. The first-order chi connectivity index (χ1) is 9.96. The van der Waals surface area contributed by atoms with E-state index < -0.39 is 0 Å². The van der Waals surface area contributed by atoms with Crippen LogP contribution >= 0.6 is 0 Å². The summed E-state index contributed by atoms with van der Waals surface area (Å²) in [5, 5.41) is 2.91. The Bertz CT molecular complexity index is 464. The molecule has 0 unspecified atom stereocenters. The van der Waals surface area contributed by atoms with E-state index in [0.717, 1.165) is 35.3 Å². The zero-order valence-electron chi connectivity index (χ0n) is 13.6. The second-order valence-corrected chi connectivity index (χ2v) is 5.73. The molecular weight excluding hydrogens is 264 g/mol. The summed E-state index contributed by atoms with van der Waals surface area (Å²) in [4.78, 5) is 11.7. The van der Waals surface area contributed by atoms with Crippen LogP contribution in [-0.4, -0.2) is 51.2 Å². The fourth-order valence-electron chi connectivity index (χ4n) is 1.82. The quantitative estimate of drug-likeness (QED) is 0.453. The maximum Gasteiger partial charge on any atom is 0.244 e. The molecule has 0 bridgehead atoms. The molecule has 1 aromatic carbocycles. The summed E-state index contributed by atoms with van der Waals surface area (Å²) in [6.07, 6.45) is 4.37. The number of benzene rings is 1. The molecule has 0 aliphatic carbocycles. The van der Waals surface area contributed by atoms with Gasteiger partial charge in [0.2, 0.25) is 5.91 Å². The first-order valence-electron chi connectivity index (χ1n) is 7.39. The van der Waals surface area contributed by atoms with E-state index in [0.29, 0.717) is 6.54 Å². The van der Waals surface area contributed by atoms with Crippen LogP contribution in [0.1, 0.15) is 18.9 Å². The van der Waals surface area contributed by atoms with Gasteiger partial charge in [-0.1, -0.05) is 12.1 Å². The molecular formula is C17H27N2O2+. The third kappa shape index (κ3) is 6.95. The largest absolute Gasteiger partial charge is 0.497 e. The molecule has 0 fully saturated rings. The van der Waals surface area contributed by atoms with Crippen molar-refractivity contribution in [3.8, 4) is 5.75 Å². The molecule has 1 N–H and O–H groups in total. The van der Waals surface area contributed by atoms with Crippen molar-refractivity contribution in [1.29, 1.82) is 0 Å². The number of carbonyl (C=O) groups is 1. The van der Waals surface area contributed by atoms with Crippen molar-refractivity contribution in [1.82, 2.24) is 5.32 Å². The average molecular weight is 291 g/mol. The van der Waals surface area contributed by atoms with E-state index in [1.54, 1.807) is 19.3 Å². The molecule has 0 saturated heterocycles. The van der Waals surface area contributed by atoms with Crippen LogP contribution in [0.4, 0.5) is 0 Å². The molecule has 1 amide bonds. The lowest BCUT2D eigenvalue weighted by molar-refractivity contribution is -0.888. The summed E-state index contributed by atoms with van der Waals surface area (Å²) in [7, 11) is 6.04. The summed E-state index contributed by atoms with van der Waals surface area (Å²) in [6.45, 7) is 5.06. The van der Waals surface area contributed by atoms with Gasteiger partial charge in [-0.2, -0.15) is 0 Å². The number of rotatable bonds is 8. The van der Waals surface area contributed by atoms with Crippen LogP contribution < -0.4 is 10.1 Å². The molecule has 1 aromatic rings. The van der Waals surface area contributed by atoms with E-state index in [9.17, 15) is 4.79 Å². The van der Waals surface area contributed by atoms with Crippen molar-refractivity contribution in [3.05, 3.63) is 35.9 Å². The Hall–Kier alpha value is -1.81. The third-order valence-corrected chi connectivity index (χ3v) is 3.64. The zero-order chi connectivity index (χ0) is 15.7. The molecule has 1 rings (SSSR count). The predicted molar refractivity (Wildman–Crippen MR) is 87.2 cm³/mol. The third-order valence-electron chi connectivity index (χ3n) is 3.64. The van der Waals surface area contributed by atoms with Crippen molar-refractivity contribution in [2.75, 3.05) is 40.8 Å². The molecule has 21 heavy (non-hydrogen) atoms. The number of carbonyl (C=O) groups excluding carboxylic acids is 1. The monoisotopic (exact) mass is 291 g/mol. The summed E-state index contributed by atoms with van der Waals surface area (Å²) >= 11 is 0. The Morgan fingerprint density at radius 3 is 2.52 bits per heavy atom. The second-order valence-electron chi connectivity index (χ2n) is 5.73. The summed E-state index contributed by atoms with van der Waals surface area (Å²) in [6, 6.07) is 7.60. The highest BCUT2D eigenvalue weighted by Crippen LogP contribution is 2.12. The van der Waals surface area contributed by atoms with Crippen LogP contribution in [-0.2, 0) is 4.79 Å². The van der Waals surface area contributed by atoms with E-state index in [2.05, 4.69) is 26.3 Å². The van der Waals surface area contributed by atoms with Crippen LogP contribution in [0.2, 0.25) is 0 Å². The Balaban J connectivity index is 2.31. The topological polar surface area (TPSA) is 38.3 Å². The zero-order valence-corrected chi connectivity index (χ0v) is 13.6. The van der Waals surface area contributed by atoms with Gasteiger partial charge in [0.1, 0.15) is 5.75 Å². The molecule has 0 aliphatic rings. The minimum atomic E-state index is -0.0485. The Labute approximate surface area is 128 Å². The van der Waals surface area contributed by atoms with Gasteiger partial charge in [-0.3, -0.25) is 4.79 Å². The number of amides is 1. The Morgan fingerprint density at radius 1 is 1.29 bits per heavy atom. The SMILES string of the molecule is CC[N+](C)(C)CCCNC(=O)C=Cc1ccc(OC)cc1. The minimum absolute atomic E-state index is 0.0485. The average Bonchev–Trinajstić information content (AvgIpc) is 2.50. The molecule has 0 atom stereocenters. The Morgan fingerprint density at radius 2 is 1.95 bits per heavy atom. The van der Waals surface area contributed by atoms with E-state index in [1.807, 2.05) is 24.3 Å². The normalized spacial score (nSPS) is 11.6. The Kier molecular flexibility index (Phi) is 6.96. The minimum Gasteiger partial charge on any atom is -0.497 e. The van der Waals surface area contributed by atoms with Crippen LogP contribution in [0.15, 0.2) is 30.3 Å². The molecule has 0 saturated carbocycles. The van der Waals surface area contributed by atoms with Gasteiger partial charge >= 0.3 is 0 Å². The maximum atomic E-state index is 11.7. The van der Waals surface area contributed by atoms with Gasteiger partial charge in [0.15, 0.2) is 0 Å². The fraction of sp³-hybridized carbons (Fsp3) is 0.471. The van der Waals surface area contributed by atoms with Gasteiger partial charge in [0, 0.05) is 19.0 Å². The van der Waals surface area contributed by atoms with Gasteiger partial charge in [-0.05, 0) is 30.7 Å². The highest BCUT2D eigenvalue weighted by atomic mass is 16.5. The van der Waals surface area contributed by atoms with Gasteiger partial charge in [0.05, 0.1) is 34.3 Å². The predicted octanol–water partition coefficient (Wildman–Crippen LogP) is 2.31. The van der Waals surface area contributed by atoms with Gasteiger partial charge in [-0.25, -0.2) is 0 Å². The highest BCUT2D eigenvalue weighted by Gasteiger charge is 2.10. The van der Waals surface area contributed by atoms with Gasteiger partial charge in [0.25, 0.3) is 0 Å². The molecule has 116 valence electrons. The molecule has 0 heterocycles. The van der Waals surface area contributed by atoms with Crippen LogP contribution in [0.25, 0.3) is 6.08 Å². The number of quaternary nitrogens is 1. The number of hydrogen-bond donors (Lipinski definition) is 1. The number of nitrogens with one attached hydrogen (secondary N) is 1. The molecule has 0 radical (unpaired) electrons. The highest BCUT2D eigenvalue weighted by molar-refractivity contribution is 5.91. The number of hydrogen-bond acceptors (Lipinski definition) is 2. The van der Waals surface area contributed by atoms with E-state index in [1.165, 1.54) is 0 Å². The first-order valence-corrected chi connectivity index (χ1v) is 7.39. The molecule has 0 aliphatic heterocycles. The lowest BCUT2D eigenvalue weighted by atomic mass is 10.2. The van der Waals surface area contributed by atoms with Crippen LogP contribution in [0.3, 0.4) is 0 Å². The van der Waals surface area contributed by atoms with E-state index in [4.69, 9.17) is 4.74 Å². The first kappa shape index (κ1) is 17.2. The lowest BCUT2D eigenvalue weighted by Crippen LogP contribution is -2.41.